The molecule has 0 bridgehead atoms. The zero-order chi connectivity index (χ0) is 12.8. The van der Waals surface area contributed by atoms with Gasteiger partial charge in [-0.1, -0.05) is 19.1 Å². The molecule has 0 fully saturated rings. The third-order valence-electron chi connectivity index (χ3n) is 2.70. The summed E-state index contributed by atoms with van der Waals surface area (Å²) < 4.78 is 1.89. The standard InChI is InChI=1S/C14H19N3O/c1-2-6-15-8-13-9-16-17(11-13)10-12-4-3-5-14(18)7-12/h3-5,7,9,11,15,18H,2,6,8,10H2,1H3. The van der Waals surface area contributed by atoms with E-state index in [9.17, 15) is 5.11 Å². The molecule has 18 heavy (non-hydrogen) atoms. The van der Waals surface area contributed by atoms with Crippen molar-refractivity contribution in [1.82, 2.24) is 15.1 Å². The summed E-state index contributed by atoms with van der Waals surface area (Å²) in [6.45, 7) is 4.71. The zero-order valence-electron chi connectivity index (χ0n) is 10.6. The van der Waals surface area contributed by atoms with Crippen molar-refractivity contribution in [2.75, 3.05) is 6.54 Å². The average Bonchev–Trinajstić information content (AvgIpc) is 2.77. The van der Waals surface area contributed by atoms with Gasteiger partial charge in [-0.05, 0) is 30.7 Å². The predicted molar refractivity (Wildman–Crippen MR) is 71.4 cm³/mol. The summed E-state index contributed by atoms with van der Waals surface area (Å²) in [6.07, 6.45) is 5.05. The van der Waals surface area contributed by atoms with Crippen LogP contribution in [0.3, 0.4) is 0 Å². The summed E-state index contributed by atoms with van der Waals surface area (Å²) in [5.41, 5.74) is 2.23. The number of nitrogens with zero attached hydrogens (tertiary/aromatic N) is 2. The SMILES string of the molecule is CCCNCc1cnn(Cc2cccc(O)c2)c1. The Bertz CT molecular complexity index is 493. The number of aromatic hydroxyl groups is 1. The molecule has 1 heterocycles. The Morgan fingerprint density at radius 2 is 2.22 bits per heavy atom. The van der Waals surface area contributed by atoms with E-state index in [0.717, 1.165) is 25.1 Å². The van der Waals surface area contributed by atoms with Crippen molar-refractivity contribution >= 4 is 0 Å². The minimum atomic E-state index is 0.296. The highest BCUT2D eigenvalue weighted by Gasteiger charge is 2.00. The number of phenols is 1. The van der Waals surface area contributed by atoms with E-state index < -0.39 is 0 Å². The summed E-state index contributed by atoms with van der Waals surface area (Å²) in [6, 6.07) is 7.26. The van der Waals surface area contributed by atoms with Crippen LogP contribution in [0.4, 0.5) is 0 Å². The van der Waals surface area contributed by atoms with Crippen LogP contribution in [-0.2, 0) is 13.1 Å². The van der Waals surface area contributed by atoms with Gasteiger partial charge in [0.25, 0.3) is 0 Å². The number of phenolic OH excluding ortho intramolecular Hbond substituents is 1. The van der Waals surface area contributed by atoms with Crippen LogP contribution in [-0.4, -0.2) is 21.4 Å². The first-order valence-corrected chi connectivity index (χ1v) is 6.28. The number of aromatic nitrogens is 2. The van der Waals surface area contributed by atoms with Gasteiger partial charge in [0.15, 0.2) is 0 Å². The third-order valence-corrected chi connectivity index (χ3v) is 2.70. The van der Waals surface area contributed by atoms with Gasteiger partial charge in [-0.25, -0.2) is 0 Å². The smallest absolute Gasteiger partial charge is 0.115 e. The highest BCUT2D eigenvalue weighted by Crippen LogP contribution is 2.12. The van der Waals surface area contributed by atoms with Crippen LogP contribution < -0.4 is 5.32 Å². The van der Waals surface area contributed by atoms with E-state index in [0.29, 0.717) is 12.3 Å². The Balaban J connectivity index is 1.94. The Morgan fingerprint density at radius 3 is 3.00 bits per heavy atom. The second-order valence-electron chi connectivity index (χ2n) is 4.39. The summed E-state index contributed by atoms with van der Waals surface area (Å²) in [4.78, 5) is 0. The predicted octanol–water partition coefficient (Wildman–Crippen LogP) is 2.14. The number of hydrogen-bond donors (Lipinski definition) is 2. The molecule has 0 saturated carbocycles. The van der Waals surface area contributed by atoms with Gasteiger partial charge in [0.1, 0.15) is 5.75 Å². The molecule has 0 saturated heterocycles. The van der Waals surface area contributed by atoms with E-state index in [-0.39, 0.29) is 0 Å². The molecule has 0 unspecified atom stereocenters. The van der Waals surface area contributed by atoms with Gasteiger partial charge in [-0.15, -0.1) is 0 Å². The number of benzene rings is 1. The molecule has 2 rings (SSSR count). The molecule has 0 aliphatic rings. The largest absolute Gasteiger partial charge is 0.508 e. The molecule has 2 N–H and O–H groups in total. The summed E-state index contributed by atoms with van der Waals surface area (Å²) in [7, 11) is 0. The van der Waals surface area contributed by atoms with Crippen molar-refractivity contribution in [3.63, 3.8) is 0 Å². The van der Waals surface area contributed by atoms with Gasteiger partial charge < -0.3 is 10.4 Å². The van der Waals surface area contributed by atoms with E-state index in [1.54, 1.807) is 12.1 Å². The van der Waals surface area contributed by atoms with E-state index in [1.807, 2.05) is 29.2 Å². The van der Waals surface area contributed by atoms with Crippen LogP contribution in [0.15, 0.2) is 36.7 Å². The fourth-order valence-corrected chi connectivity index (χ4v) is 1.84. The van der Waals surface area contributed by atoms with Crippen molar-refractivity contribution in [3.05, 3.63) is 47.8 Å². The topological polar surface area (TPSA) is 50.1 Å². The lowest BCUT2D eigenvalue weighted by Gasteiger charge is -2.02. The van der Waals surface area contributed by atoms with Crippen molar-refractivity contribution in [2.45, 2.75) is 26.4 Å². The van der Waals surface area contributed by atoms with Gasteiger partial charge in [0.2, 0.25) is 0 Å². The van der Waals surface area contributed by atoms with Crippen LogP contribution >= 0.6 is 0 Å². The second kappa shape index (κ2) is 6.21. The lowest BCUT2D eigenvalue weighted by molar-refractivity contribution is 0.474. The minimum absolute atomic E-state index is 0.296. The maximum atomic E-state index is 9.40. The third kappa shape index (κ3) is 3.60. The molecule has 4 nitrogen and oxygen atoms in total. The molecule has 0 aliphatic heterocycles. The maximum absolute atomic E-state index is 9.40. The van der Waals surface area contributed by atoms with E-state index in [1.165, 1.54) is 5.56 Å². The first kappa shape index (κ1) is 12.6. The van der Waals surface area contributed by atoms with E-state index in [4.69, 9.17) is 0 Å². The fourth-order valence-electron chi connectivity index (χ4n) is 1.84. The lowest BCUT2D eigenvalue weighted by Crippen LogP contribution is -2.13. The fraction of sp³-hybridized carbons (Fsp3) is 0.357. The van der Waals surface area contributed by atoms with E-state index in [2.05, 4.69) is 17.3 Å². The Labute approximate surface area is 107 Å². The van der Waals surface area contributed by atoms with Crippen LogP contribution in [0, 0.1) is 0 Å². The van der Waals surface area contributed by atoms with Crippen molar-refractivity contribution < 1.29 is 5.11 Å². The summed E-state index contributed by atoms with van der Waals surface area (Å²) >= 11 is 0. The number of nitrogens with one attached hydrogen (secondary N) is 1. The van der Waals surface area contributed by atoms with Crippen molar-refractivity contribution in [3.8, 4) is 5.75 Å². The van der Waals surface area contributed by atoms with Gasteiger partial charge in [-0.2, -0.15) is 5.10 Å². The molecular weight excluding hydrogens is 226 g/mol. The van der Waals surface area contributed by atoms with Gasteiger partial charge in [-0.3, -0.25) is 4.68 Å². The molecule has 0 amide bonds. The minimum Gasteiger partial charge on any atom is -0.508 e. The highest BCUT2D eigenvalue weighted by atomic mass is 16.3. The molecule has 96 valence electrons. The van der Waals surface area contributed by atoms with Gasteiger partial charge in [0.05, 0.1) is 12.7 Å². The monoisotopic (exact) mass is 245 g/mol. The second-order valence-corrected chi connectivity index (χ2v) is 4.39. The average molecular weight is 245 g/mol. The van der Waals surface area contributed by atoms with Crippen LogP contribution in [0.2, 0.25) is 0 Å². The van der Waals surface area contributed by atoms with Crippen LogP contribution in [0.5, 0.6) is 5.75 Å². The van der Waals surface area contributed by atoms with Gasteiger partial charge in [0, 0.05) is 18.3 Å². The Morgan fingerprint density at radius 1 is 1.33 bits per heavy atom. The van der Waals surface area contributed by atoms with E-state index >= 15 is 0 Å². The quantitative estimate of drug-likeness (QED) is 0.767. The molecule has 2 aromatic rings. The van der Waals surface area contributed by atoms with Crippen LogP contribution in [0.1, 0.15) is 24.5 Å². The molecule has 1 aromatic carbocycles. The lowest BCUT2D eigenvalue weighted by atomic mass is 10.2. The molecule has 0 aliphatic carbocycles. The number of hydrogen-bond acceptors (Lipinski definition) is 3. The van der Waals surface area contributed by atoms with Crippen LogP contribution in [0.25, 0.3) is 0 Å². The molecule has 0 atom stereocenters. The summed E-state index contributed by atoms with van der Waals surface area (Å²) in [5, 5.41) is 17.1. The zero-order valence-corrected chi connectivity index (χ0v) is 10.6. The first-order chi connectivity index (χ1) is 8.78. The number of rotatable bonds is 6. The molecular formula is C14H19N3O. The van der Waals surface area contributed by atoms with Crippen molar-refractivity contribution in [1.29, 1.82) is 0 Å². The molecule has 1 aromatic heterocycles. The highest BCUT2D eigenvalue weighted by molar-refractivity contribution is 5.27. The Kier molecular flexibility index (Phi) is 4.36. The molecule has 0 radical (unpaired) electrons. The maximum Gasteiger partial charge on any atom is 0.115 e. The molecule has 0 spiro atoms. The molecule has 4 heteroatoms. The normalized spacial score (nSPS) is 10.7. The Hall–Kier alpha value is -1.81. The van der Waals surface area contributed by atoms with Crippen molar-refractivity contribution in [2.24, 2.45) is 0 Å². The van der Waals surface area contributed by atoms with Gasteiger partial charge >= 0.3 is 0 Å². The summed E-state index contributed by atoms with van der Waals surface area (Å²) in [5.74, 6) is 0.296. The first-order valence-electron chi connectivity index (χ1n) is 6.28.